The van der Waals surface area contributed by atoms with Gasteiger partial charge in [0.2, 0.25) is 0 Å². The van der Waals surface area contributed by atoms with Gasteiger partial charge in [-0.2, -0.15) is 0 Å². The zero-order valence-electron chi connectivity index (χ0n) is 11.3. The Morgan fingerprint density at radius 3 is 2.45 bits per heavy atom. The molecular weight excluding hydrogens is 318 g/mol. The van der Waals surface area contributed by atoms with Gasteiger partial charge in [0.15, 0.2) is 0 Å². The van der Waals surface area contributed by atoms with Gasteiger partial charge >= 0.3 is 0 Å². The Morgan fingerprint density at radius 2 is 1.90 bits per heavy atom. The van der Waals surface area contributed by atoms with E-state index in [-0.39, 0.29) is 18.8 Å². The van der Waals surface area contributed by atoms with Gasteiger partial charge in [-0.05, 0) is 42.3 Å². The first-order chi connectivity index (χ1) is 9.60. The lowest BCUT2D eigenvalue weighted by atomic mass is 10.0. The highest BCUT2D eigenvalue weighted by Crippen LogP contribution is 2.26. The summed E-state index contributed by atoms with van der Waals surface area (Å²) in [6, 6.07) is 15.2. The van der Waals surface area contributed by atoms with E-state index in [0.29, 0.717) is 0 Å². The molecule has 0 fully saturated rings. The molecule has 0 heterocycles. The second-order valence-corrected chi connectivity index (χ2v) is 5.67. The lowest BCUT2D eigenvalue weighted by molar-refractivity contribution is 0.180. The highest BCUT2D eigenvalue weighted by Gasteiger charge is 2.18. The van der Waals surface area contributed by atoms with Crippen LogP contribution >= 0.6 is 15.9 Å². The maximum atomic E-state index is 9.04. The van der Waals surface area contributed by atoms with Crippen LogP contribution in [0, 0.1) is 0 Å². The van der Waals surface area contributed by atoms with Gasteiger partial charge in [0.25, 0.3) is 0 Å². The van der Waals surface area contributed by atoms with E-state index in [9.17, 15) is 0 Å². The lowest BCUT2D eigenvalue weighted by Gasteiger charge is -2.23. The lowest BCUT2D eigenvalue weighted by Crippen LogP contribution is -2.29. The number of rotatable bonds is 5. The van der Waals surface area contributed by atoms with Crippen molar-refractivity contribution in [3.63, 3.8) is 0 Å². The maximum Gasteiger partial charge on any atom is 0.138 e. The molecule has 0 saturated heterocycles. The Hall–Kier alpha value is -1.36. The van der Waals surface area contributed by atoms with Crippen LogP contribution in [-0.4, -0.2) is 11.1 Å². The third-order valence-corrected chi connectivity index (χ3v) is 3.52. The van der Waals surface area contributed by atoms with Crippen LogP contribution in [0.3, 0.4) is 0 Å². The minimum Gasteiger partial charge on any atom is -0.484 e. The predicted molar refractivity (Wildman–Crippen MR) is 83.5 cm³/mol. The van der Waals surface area contributed by atoms with Gasteiger partial charge in [0, 0.05) is 10.5 Å². The van der Waals surface area contributed by atoms with Crippen molar-refractivity contribution in [1.82, 2.24) is 0 Å². The van der Waals surface area contributed by atoms with Crippen molar-refractivity contribution in [3.8, 4) is 5.75 Å². The number of hydrogen-bond acceptors (Lipinski definition) is 3. The van der Waals surface area contributed by atoms with Crippen molar-refractivity contribution in [1.29, 1.82) is 0 Å². The van der Waals surface area contributed by atoms with Crippen LogP contribution in [-0.2, 0) is 6.61 Å². The summed E-state index contributed by atoms with van der Waals surface area (Å²) in [5.74, 6) is 0.740. The zero-order chi connectivity index (χ0) is 14.5. The van der Waals surface area contributed by atoms with Crippen LogP contribution in [0.25, 0.3) is 0 Å². The maximum absolute atomic E-state index is 9.04. The van der Waals surface area contributed by atoms with Crippen LogP contribution < -0.4 is 10.5 Å². The molecule has 2 rings (SSSR count). The average Bonchev–Trinajstić information content (AvgIpc) is 2.45. The number of benzene rings is 2. The average molecular weight is 336 g/mol. The van der Waals surface area contributed by atoms with E-state index in [0.717, 1.165) is 21.3 Å². The predicted octanol–water partition coefficient (Wildman–Crippen LogP) is 3.41. The van der Waals surface area contributed by atoms with E-state index < -0.39 is 0 Å². The fraction of sp³-hybridized carbons (Fsp3) is 0.250. The van der Waals surface area contributed by atoms with E-state index in [4.69, 9.17) is 15.6 Å². The molecule has 3 nitrogen and oxygen atoms in total. The molecule has 0 amide bonds. The van der Waals surface area contributed by atoms with Crippen molar-refractivity contribution in [3.05, 3.63) is 64.1 Å². The summed E-state index contributed by atoms with van der Waals surface area (Å²) >= 11 is 3.46. The van der Waals surface area contributed by atoms with Gasteiger partial charge in [-0.3, -0.25) is 0 Å². The van der Waals surface area contributed by atoms with Crippen LogP contribution in [0.1, 0.15) is 24.2 Å². The number of hydrogen-bond donors (Lipinski definition) is 2. The number of aliphatic hydroxyl groups is 1. The third-order valence-electron chi connectivity index (χ3n) is 3.02. The summed E-state index contributed by atoms with van der Waals surface area (Å²) in [5.41, 5.74) is 7.93. The minimum absolute atomic E-state index is 0.0304. The van der Waals surface area contributed by atoms with E-state index in [1.807, 2.05) is 55.5 Å². The van der Waals surface area contributed by atoms with Gasteiger partial charge in [-0.15, -0.1) is 0 Å². The molecule has 4 heteroatoms. The Kier molecular flexibility index (Phi) is 5.17. The normalized spacial score (nSPS) is 13.8. The molecule has 2 aromatic rings. The Bertz CT molecular complexity index is 555. The van der Waals surface area contributed by atoms with Crippen molar-refractivity contribution < 1.29 is 9.84 Å². The minimum atomic E-state index is -0.215. The second-order valence-electron chi connectivity index (χ2n) is 4.75. The monoisotopic (exact) mass is 335 g/mol. The molecule has 0 aliphatic heterocycles. The van der Waals surface area contributed by atoms with Crippen LogP contribution in [0.15, 0.2) is 53.0 Å². The fourth-order valence-corrected chi connectivity index (χ4v) is 2.40. The second kappa shape index (κ2) is 6.88. The summed E-state index contributed by atoms with van der Waals surface area (Å²) in [5, 5.41) is 9.04. The first kappa shape index (κ1) is 15.0. The van der Waals surface area contributed by atoms with Crippen LogP contribution in [0.2, 0.25) is 0 Å². The number of nitrogens with two attached hydrogens (primary N) is 1. The topological polar surface area (TPSA) is 55.5 Å². The van der Waals surface area contributed by atoms with Crippen molar-refractivity contribution in [2.75, 3.05) is 0 Å². The highest BCUT2D eigenvalue weighted by molar-refractivity contribution is 9.10. The molecule has 3 N–H and O–H groups in total. The molecule has 106 valence electrons. The molecular formula is C16H18BrNO2. The third kappa shape index (κ3) is 3.82. The molecule has 0 aromatic heterocycles. The Labute approximate surface area is 127 Å². The smallest absolute Gasteiger partial charge is 0.138 e. The SMILES string of the molecule is CC(N)C(Oc1ccc(CO)cc1)c1cccc(Br)c1. The van der Waals surface area contributed by atoms with E-state index in [1.165, 1.54) is 0 Å². The molecule has 0 spiro atoms. The van der Waals surface area contributed by atoms with Gasteiger partial charge in [-0.1, -0.05) is 40.2 Å². The molecule has 2 unspecified atom stereocenters. The Morgan fingerprint density at radius 1 is 1.20 bits per heavy atom. The van der Waals surface area contributed by atoms with E-state index in [1.54, 1.807) is 0 Å². The van der Waals surface area contributed by atoms with Crippen molar-refractivity contribution >= 4 is 15.9 Å². The largest absolute Gasteiger partial charge is 0.484 e. The summed E-state index contributed by atoms with van der Waals surface area (Å²) in [6.45, 7) is 1.95. The van der Waals surface area contributed by atoms with Crippen LogP contribution in [0.5, 0.6) is 5.75 Å². The van der Waals surface area contributed by atoms with Gasteiger partial charge in [0.05, 0.1) is 6.61 Å². The van der Waals surface area contributed by atoms with Gasteiger partial charge < -0.3 is 15.6 Å². The summed E-state index contributed by atoms with van der Waals surface area (Å²) in [7, 11) is 0. The zero-order valence-corrected chi connectivity index (χ0v) is 12.9. The van der Waals surface area contributed by atoms with Crippen molar-refractivity contribution in [2.24, 2.45) is 5.73 Å². The number of halogens is 1. The molecule has 20 heavy (non-hydrogen) atoms. The summed E-state index contributed by atoms with van der Waals surface area (Å²) in [4.78, 5) is 0. The summed E-state index contributed by atoms with van der Waals surface area (Å²) < 4.78 is 6.99. The first-order valence-electron chi connectivity index (χ1n) is 6.47. The van der Waals surface area contributed by atoms with Crippen LogP contribution in [0.4, 0.5) is 0 Å². The molecule has 0 radical (unpaired) electrons. The summed E-state index contributed by atoms with van der Waals surface area (Å²) in [6.07, 6.45) is -0.215. The molecule has 2 atom stereocenters. The highest BCUT2D eigenvalue weighted by atomic mass is 79.9. The Balaban J connectivity index is 2.21. The number of ether oxygens (including phenoxy) is 1. The molecule has 0 aliphatic carbocycles. The number of aliphatic hydroxyl groups excluding tert-OH is 1. The van der Waals surface area contributed by atoms with Crippen molar-refractivity contribution in [2.45, 2.75) is 25.7 Å². The molecule has 0 saturated carbocycles. The molecule has 0 bridgehead atoms. The fourth-order valence-electron chi connectivity index (χ4n) is 1.98. The first-order valence-corrected chi connectivity index (χ1v) is 7.27. The molecule has 2 aromatic carbocycles. The molecule has 0 aliphatic rings. The quantitative estimate of drug-likeness (QED) is 0.880. The van der Waals surface area contributed by atoms with E-state index >= 15 is 0 Å². The van der Waals surface area contributed by atoms with Gasteiger partial charge in [0.1, 0.15) is 11.9 Å². The van der Waals surface area contributed by atoms with E-state index in [2.05, 4.69) is 15.9 Å². The van der Waals surface area contributed by atoms with Gasteiger partial charge in [-0.25, -0.2) is 0 Å². The standard InChI is InChI=1S/C16H18BrNO2/c1-11(18)16(13-3-2-4-14(17)9-13)20-15-7-5-12(10-19)6-8-15/h2-9,11,16,19H,10,18H2,1H3.